The van der Waals surface area contributed by atoms with E-state index >= 15 is 0 Å². The summed E-state index contributed by atoms with van der Waals surface area (Å²) >= 11 is 0. The Morgan fingerprint density at radius 2 is 1.02 bits per heavy atom. The zero-order valence-electron chi connectivity index (χ0n) is 25.1. The van der Waals surface area contributed by atoms with Crippen LogP contribution in [0.15, 0.2) is 170 Å². The number of ether oxygens (including phenoxy) is 1. The molecule has 2 aliphatic rings. The van der Waals surface area contributed by atoms with Gasteiger partial charge in [-0.25, -0.2) is 0 Å². The van der Waals surface area contributed by atoms with Crippen molar-refractivity contribution in [3.05, 3.63) is 192 Å². The van der Waals surface area contributed by atoms with Crippen LogP contribution in [0.4, 0.5) is 0 Å². The molecule has 0 saturated heterocycles. The van der Waals surface area contributed by atoms with Crippen molar-refractivity contribution in [3.63, 3.8) is 0 Å². The summed E-state index contributed by atoms with van der Waals surface area (Å²) in [5.74, 6) is 1.82. The monoisotopic (exact) mass is 584 g/mol. The molecule has 1 heterocycles. The normalized spacial score (nSPS) is 15.7. The van der Waals surface area contributed by atoms with Crippen molar-refractivity contribution < 1.29 is 4.74 Å². The fraction of sp³-hybridized carbons (Fsp3) is 0.0222. The van der Waals surface area contributed by atoms with E-state index < -0.39 is 5.41 Å². The molecule has 46 heavy (non-hydrogen) atoms. The van der Waals surface area contributed by atoms with E-state index in [0.29, 0.717) is 0 Å². The van der Waals surface area contributed by atoms with Gasteiger partial charge < -0.3 is 4.74 Å². The summed E-state index contributed by atoms with van der Waals surface area (Å²) in [6.45, 7) is 0. The molecule has 0 radical (unpaired) electrons. The molecule has 0 fully saturated rings. The zero-order valence-corrected chi connectivity index (χ0v) is 25.1. The molecule has 1 atom stereocenters. The first kappa shape index (κ1) is 25.4. The third-order valence-electron chi connectivity index (χ3n) is 10.1. The molecule has 1 nitrogen and oxygen atoms in total. The van der Waals surface area contributed by atoms with E-state index in [0.717, 1.165) is 17.1 Å². The molecule has 0 N–H and O–H groups in total. The number of rotatable bonds is 3. The first-order chi connectivity index (χ1) is 22.8. The van der Waals surface area contributed by atoms with Crippen molar-refractivity contribution >= 4 is 21.5 Å². The van der Waals surface area contributed by atoms with E-state index in [9.17, 15) is 0 Å². The number of hydrogen-bond donors (Lipinski definition) is 0. The minimum Gasteiger partial charge on any atom is -0.456 e. The number of benzene rings is 8. The van der Waals surface area contributed by atoms with Crippen molar-refractivity contribution in [1.82, 2.24) is 0 Å². The molecule has 8 aromatic rings. The summed E-state index contributed by atoms with van der Waals surface area (Å²) in [7, 11) is 0. The topological polar surface area (TPSA) is 9.23 Å². The molecular formula is C45H28O. The standard InChI is InChI=1S/C45H28O/c1-2-15-33(16-3-1)45(39-21-9-12-29-11-4-5-17-34(29)39)40-20-7-6-18-35(40)36-25-23-32(28-41(36)45)31-24-26-42-38(27-31)37-19-8-13-30-14-10-22-43(46-42)44(30)37/h1-28H/t45-/m0/s1. The molecule has 1 aliphatic heterocycles. The van der Waals surface area contributed by atoms with Crippen LogP contribution in [0, 0.1) is 0 Å². The number of hydrogen-bond acceptors (Lipinski definition) is 1. The molecule has 0 unspecified atom stereocenters. The lowest BCUT2D eigenvalue weighted by Gasteiger charge is -2.35. The SMILES string of the molecule is c1ccc([C@]2(c3cccc4ccccc34)c3ccccc3-c3ccc(-c4ccc5c(c4)-c4cccc6cccc(c46)O5)cc32)cc1. The van der Waals surface area contributed by atoms with Gasteiger partial charge in [-0.3, -0.25) is 0 Å². The Hall–Kier alpha value is -5.92. The maximum Gasteiger partial charge on any atom is 0.135 e. The zero-order chi connectivity index (χ0) is 30.2. The Bertz CT molecular complexity index is 2500. The third kappa shape index (κ3) is 3.40. The molecule has 0 spiro atoms. The predicted octanol–water partition coefficient (Wildman–Crippen LogP) is 11.8. The Kier molecular flexibility index (Phi) is 5.27. The molecule has 0 aromatic heterocycles. The van der Waals surface area contributed by atoms with Gasteiger partial charge in [0, 0.05) is 10.9 Å². The van der Waals surface area contributed by atoms with Gasteiger partial charge in [0.25, 0.3) is 0 Å². The number of fused-ring (bicyclic) bond motifs is 6. The summed E-state index contributed by atoms with van der Waals surface area (Å²) < 4.78 is 6.45. The van der Waals surface area contributed by atoms with Crippen LogP contribution >= 0.6 is 0 Å². The van der Waals surface area contributed by atoms with Crippen molar-refractivity contribution in [3.8, 4) is 44.9 Å². The summed E-state index contributed by atoms with van der Waals surface area (Å²) in [5.41, 5.74) is 12.1. The third-order valence-corrected chi connectivity index (χ3v) is 10.1. The van der Waals surface area contributed by atoms with Gasteiger partial charge >= 0.3 is 0 Å². The molecule has 0 amide bonds. The predicted molar refractivity (Wildman–Crippen MR) is 190 cm³/mol. The summed E-state index contributed by atoms with van der Waals surface area (Å²) in [6.07, 6.45) is 0. The van der Waals surface area contributed by atoms with Gasteiger partial charge in [-0.1, -0.05) is 146 Å². The highest BCUT2D eigenvalue weighted by Gasteiger charge is 2.46. The average molecular weight is 585 g/mol. The van der Waals surface area contributed by atoms with Crippen LogP contribution in [0.1, 0.15) is 22.3 Å². The minimum atomic E-state index is -0.480. The first-order valence-corrected chi connectivity index (χ1v) is 15.9. The van der Waals surface area contributed by atoms with Crippen molar-refractivity contribution in [2.24, 2.45) is 0 Å². The molecule has 1 heteroatoms. The van der Waals surface area contributed by atoms with Crippen LogP contribution in [0.25, 0.3) is 54.9 Å². The maximum atomic E-state index is 6.45. The smallest absolute Gasteiger partial charge is 0.135 e. The summed E-state index contributed by atoms with van der Waals surface area (Å²) in [6, 6.07) is 62.2. The second-order valence-electron chi connectivity index (χ2n) is 12.4. The van der Waals surface area contributed by atoms with Gasteiger partial charge in [-0.2, -0.15) is 0 Å². The molecule has 10 rings (SSSR count). The summed E-state index contributed by atoms with van der Waals surface area (Å²) in [5, 5.41) is 4.91. The van der Waals surface area contributed by atoms with Gasteiger partial charge in [-0.05, 0) is 90.5 Å². The van der Waals surface area contributed by atoms with Gasteiger partial charge in [0.2, 0.25) is 0 Å². The van der Waals surface area contributed by atoms with E-state index in [-0.39, 0.29) is 0 Å². The van der Waals surface area contributed by atoms with E-state index in [1.807, 2.05) is 0 Å². The van der Waals surface area contributed by atoms with E-state index in [2.05, 4.69) is 170 Å². The van der Waals surface area contributed by atoms with Gasteiger partial charge in [-0.15, -0.1) is 0 Å². The van der Waals surface area contributed by atoms with E-state index in [1.165, 1.54) is 71.6 Å². The molecule has 0 saturated carbocycles. The van der Waals surface area contributed by atoms with E-state index in [4.69, 9.17) is 4.74 Å². The van der Waals surface area contributed by atoms with Gasteiger partial charge in [0.05, 0.1) is 5.41 Å². The Balaban J connectivity index is 1.25. The lowest BCUT2D eigenvalue weighted by Crippen LogP contribution is -2.29. The minimum absolute atomic E-state index is 0.480. The highest BCUT2D eigenvalue weighted by atomic mass is 16.5. The highest BCUT2D eigenvalue weighted by Crippen LogP contribution is 2.58. The lowest BCUT2D eigenvalue weighted by molar-refractivity contribution is 0.487. The second-order valence-corrected chi connectivity index (χ2v) is 12.4. The Morgan fingerprint density at radius 3 is 1.96 bits per heavy atom. The average Bonchev–Trinajstić information content (AvgIpc) is 3.42. The van der Waals surface area contributed by atoms with E-state index in [1.54, 1.807) is 0 Å². The van der Waals surface area contributed by atoms with Crippen molar-refractivity contribution in [1.29, 1.82) is 0 Å². The maximum absolute atomic E-state index is 6.45. The molecule has 8 aromatic carbocycles. The first-order valence-electron chi connectivity index (χ1n) is 15.9. The largest absolute Gasteiger partial charge is 0.456 e. The van der Waals surface area contributed by atoms with Gasteiger partial charge in [0.1, 0.15) is 11.5 Å². The van der Waals surface area contributed by atoms with Crippen LogP contribution in [-0.4, -0.2) is 0 Å². The van der Waals surface area contributed by atoms with Crippen LogP contribution in [0.5, 0.6) is 11.5 Å². The van der Waals surface area contributed by atoms with Crippen LogP contribution in [0.2, 0.25) is 0 Å². The van der Waals surface area contributed by atoms with Gasteiger partial charge in [0.15, 0.2) is 0 Å². The summed E-state index contributed by atoms with van der Waals surface area (Å²) in [4.78, 5) is 0. The lowest BCUT2D eigenvalue weighted by atomic mass is 9.66. The van der Waals surface area contributed by atoms with Crippen molar-refractivity contribution in [2.75, 3.05) is 0 Å². The second kappa shape index (κ2) is 9.54. The quantitative estimate of drug-likeness (QED) is 0.201. The van der Waals surface area contributed by atoms with Crippen LogP contribution in [0.3, 0.4) is 0 Å². The molecular weight excluding hydrogens is 556 g/mol. The molecule has 214 valence electrons. The fourth-order valence-corrected chi connectivity index (χ4v) is 8.20. The molecule has 1 aliphatic carbocycles. The van der Waals surface area contributed by atoms with Crippen LogP contribution in [-0.2, 0) is 5.41 Å². The highest BCUT2D eigenvalue weighted by molar-refractivity contribution is 6.04. The Morgan fingerprint density at radius 1 is 0.370 bits per heavy atom. The molecule has 0 bridgehead atoms. The fourth-order valence-electron chi connectivity index (χ4n) is 8.20. The van der Waals surface area contributed by atoms with Crippen LogP contribution < -0.4 is 4.74 Å². The van der Waals surface area contributed by atoms with Crippen molar-refractivity contribution in [2.45, 2.75) is 5.41 Å². The Labute approximate surface area is 268 Å².